The van der Waals surface area contributed by atoms with Crippen LogP contribution in [-0.2, 0) is 28.9 Å². The number of nitriles is 1. The van der Waals surface area contributed by atoms with E-state index in [1.807, 2.05) is 0 Å². The fourth-order valence-electron chi connectivity index (χ4n) is 4.14. The molecule has 2 aliphatic carbocycles. The number of ether oxygens (including phenoxy) is 2. The van der Waals surface area contributed by atoms with Crippen molar-refractivity contribution >= 4 is 21.8 Å². The molecule has 27 heavy (non-hydrogen) atoms. The van der Waals surface area contributed by atoms with Gasteiger partial charge in [-0.15, -0.1) is 0 Å². The lowest BCUT2D eigenvalue weighted by atomic mass is 9.82. The molecule has 0 aromatic heterocycles. The largest absolute Gasteiger partial charge is 0.468 e. The molecule has 0 heterocycles. The molecule has 0 N–H and O–H groups in total. The van der Waals surface area contributed by atoms with E-state index in [2.05, 4.69) is 6.07 Å². The second-order valence-corrected chi connectivity index (χ2v) is 8.73. The maximum absolute atomic E-state index is 13.1. The number of rotatable bonds is 4. The Morgan fingerprint density at radius 2 is 1.74 bits per heavy atom. The van der Waals surface area contributed by atoms with Crippen LogP contribution in [0.3, 0.4) is 0 Å². The zero-order valence-electron chi connectivity index (χ0n) is 15.0. The van der Waals surface area contributed by atoms with Crippen LogP contribution in [-0.4, -0.2) is 34.6 Å². The Labute approximate surface area is 157 Å². The Bertz CT molecular complexity index is 942. The number of sulfone groups is 1. The van der Waals surface area contributed by atoms with Crippen LogP contribution in [0.15, 0.2) is 45.7 Å². The molecule has 1 aromatic carbocycles. The highest BCUT2D eigenvalue weighted by Gasteiger charge is 2.60. The van der Waals surface area contributed by atoms with E-state index in [-0.39, 0.29) is 29.1 Å². The molecule has 1 saturated carbocycles. The van der Waals surface area contributed by atoms with Crippen LogP contribution in [0.5, 0.6) is 0 Å². The maximum Gasteiger partial charge on any atom is 0.323 e. The summed E-state index contributed by atoms with van der Waals surface area (Å²) in [5.41, 5.74) is -1.16. The van der Waals surface area contributed by atoms with Gasteiger partial charge in [0.1, 0.15) is 0 Å². The highest BCUT2D eigenvalue weighted by molar-refractivity contribution is 7.95. The summed E-state index contributed by atoms with van der Waals surface area (Å²) >= 11 is 0. The molecule has 7 nitrogen and oxygen atoms in total. The number of fused-ring (bicyclic) bond motifs is 1. The molecule has 0 spiro atoms. The third kappa shape index (κ3) is 2.82. The van der Waals surface area contributed by atoms with Crippen molar-refractivity contribution in [2.45, 2.75) is 24.2 Å². The van der Waals surface area contributed by atoms with Gasteiger partial charge < -0.3 is 9.47 Å². The lowest BCUT2D eigenvalue weighted by molar-refractivity contribution is -0.168. The van der Waals surface area contributed by atoms with Gasteiger partial charge in [0.05, 0.1) is 36.0 Å². The van der Waals surface area contributed by atoms with Gasteiger partial charge in [-0.05, 0) is 36.5 Å². The fourth-order valence-corrected chi connectivity index (χ4v) is 5.90. The van der Waals surface area contributed by atoms with Crippen molar-refractivity contribution < 1.29 is 27.5 Å². The average molecular weight is 389 g/mol. The Kier molecular flexibility index (Phi) is 4.82. The van der Waals surface area contributed by atoms with Crippen LogP contribution in [0.1, 0.15) is 19.3 Å². The zero-order valence-corrected chi connectivity index (χ0v) is 15.8. The van der Waals surface area contributed by atoms with Crippen LogP contribution >= 0.6 is 0 Å². The van der Waals surface area contributed by atoms with Gasteiger partial charge in [-0.1, -0.05) is 18.2 Å². The van der Waals surface area contributed by atoms with Gasteiger partial charge in [0.15, 0.2) is 5.41 Å². The Morgan fingerprint density at radius 1 is 1.15 bits per heavy atom. The number of esters is 2. The Balaban J connectivity index is 2.15. The molecule has 0 amide bonds. The van der Waals surface area contributed by atoms with Crippen molar-refractivity contribution in [3.63, 3.8) is 0 Å². The van der Waals surface area contributed by atoms with Crippen LogP contribution < -0.4 is 0 Å². The van der Waals surface area contributed by atoms with Gasteiger partial charge in [-0.2, -0.15) is 5.26 Å². The SMILES string of the molecule is COC(=O)C1(C(=O)OC)CC2=C(S(=O)(=O)c3ccccc3)C[C@@H](C#N)[C@H]2C1. The molecule has 2 aliphatic rings. The van der Waals surface area contributed by atoms with Crippen molar-refractivity contribution in [2.75, 3.05) is 14.2 Å². The summed E-state index contributed by atoms with van der Waals surface area (Å²) in [5, 5.41) is 9.53. The molecule has 2 atom stereocenters. The van der Waals surface area contributed by atoms with E-state index in [0.29, 0.717) is 5.57 Å². The van der Waals surface area contributed by atoms with E-state index in [1.54, 1.807) is 18.2 Å². The second kappa shape index (κ2) is 6.82. The number of allylic oxidation sites excluding steroid dienone is 2. The molecule has 8 heteroatoms. The quantitative estimate of drug-likeness (QED) is 0.572. The van der Waals surface area contributed by atoms with Gasteiger partial charge in [0, 0.05) is 6.42 Å². The first-order chi connectivity index (χ1) is 12.8. The molecule has 3 rings (SSSR count). The van der Waals surface area contributed by atoms with Crippen molar-refractivity contribution in [2.24, 2.45) is 17.3 Å². The van der Waals surface area contributed by atoms with Gasteiger partial charge in [0.25, 0.3) is 0 Å². The molecule has 0 saturated heterocycles. The van der Waals surface area contributed by atoms with Gasteiger partial charge in [-0.25, -0.2) is 8.42 Å². The minimum Gasteiger partial charge on any atom is -0.468 e. The molecule has 142 valence electrons. The summed E-state index contributed by atoms with van der Waals surface area (Å²) in [4.78, 5) is 25.1. The number of carbonyl (C=O) groups excluding carboxylic acids is 2. The summed E-state index contributed by atoms with van der Waals surface area (Å²) in [7, 11) is -1.50. The summed E-state index contributed by atoms with van der Waals surface area (Å²) in [6, 6.07) is 10.1. The summed E-state index contributed by atoms with van der Waals surface area (Å²) < 4.78 is 35.9. The lowest BCUT2D eigenvalue weighted by Crippen LogP contribution is -2.39. The number of carbonyl (C=O) groups is 2. The Morgan fingerprint density at radius 3 is 2.26 bits per heavy atom. The van der Waals surface area contributed by atoms with E-state index in [4.69, 9.17) is 9.47 Å². The number of methoxy groups -OCH3 is 2. The summed E-state index contributed by atoms with van der Waals surface area (Å²) in [6.45, 7) is 0. The average Bonchev–Trinajstić information content (AvgIpc) is 3.24. The van der Waals surface area contributed by atoms with E-state index in [1.165, 1.54) is 26.4 Å². The topological polar surface area (TPSA) is 111 Å². The molecule has 0 unspecified atom stereocenters. The van der Waals surface area contributed by atoms with Gasteiger partial charge in [-0.3, -0.25) is 9.59 Å². The molecule has 0 radical (unpaired) electrons. The van der Waals surface area contributed by atoms with E-state index in [9.17, 15) is 23.3 Å². The standard InChI is InChI=1S/C19H19NO6S/c1-25-17(21)19(18(22)26-2)9-14-12(11-20)8-16(15(14)10-19)27(23,24)13-6-4-3-5-7-13/h3-7,12,14H,8-10H2,1-2H3/t12-,14+/m0/s1. The van der Waals surface area contributed by atoms with Gasteiger partial charge in [0.2, 0.25) is 9.84 Å². The molecular formula is C19H19NO6S. The normalized spacial score (nSPS) is 23.4. The molecule has 1 fully saturated rings. The summed E-state index contributed by atoms with van der Waals surface area (Å²) in [5.74, 6) is -2.67. The highest BCUT2D eigenvalue weighted by atomic mass is 32.2. The third-order valence-corrected chi connectivity index (χ3v) is 7.42. The van der Waals surface area contributed by atoms with Gasteiger partial charge >= 0.3 is 11.9 Å². The number of benzene rings is 1. The third-order valence-electron chi connectivity index (χ3n) is 5.45. The first kappa shape index (κ1) is 19.1. The monoisotopic (exact) mass is 389 g/mol. The highest BCUT2D eigenvalue weighted by Crippen LogP contribution is 2.57. The lowest BCUT2D eigenvalue weighted by Gasteiger charge is -2.24. The molecule has 0 bridgehead atoms. The summed E-state index contributed by atoms with van der Waals surface area (Å²) in [6.07, 6.45) is -0.0313. The minimum absolute atomic E-state index is 0.00766. The van der Waals surface area contributed by atoms with E-state index < -0.39 is 39.0 Å². The predicted molar refractivity (Wildman–Crippen MR) is 93.6 cm³/mol. The smallest absolute Gasteiger partial charge is 0.323 e. The van der Waals surface area contributed by atoms with Crippen LogP contribution in [0.2, 0.25) is 0 Å². The number of hydrogen-bond acceptors (Lipinski definition) is 7. The van der Waals surface area contributed by atoms with Crippen molar-refractivity contribution in [1.29, 1.82) is 5.26 Å². The molecule has 0 aliphatic heterocycles. The number of nitrogens with zero attached hydrogens (tertiary/aromatic N) is 1. The maximum atomic E-state index is 13.1. The number of hydrogen-bond donors (Lipinski definition) is 0. The fraction of sp³-hybridized carbons (Fsp3) is 0.421. The zero-order chi connectivity index (χ0) is 19.8. The molecule has 1 aromatic rings. The van der Waals surface area contributed by atoms with Crippen molar-refractivity contribution in [3.8, 4) is 6.07 Å². The van der Waals surface area contributed by atoms with Crippen LogP contribution in [0, 0.1) is 28.6 Å². The van der Waals surface area contributed by atoms with Crippen molar-refractivity contribution in [1.82, 2.24) is 0 Å². The minimum atomic E-state index is -3.83. The Hall–Kier alpha value is -2.66. The van der Waals surface area contributed by atoms with Crippen molar-refractivity contribution in [3.05, 3.63) is 40.8 Å². The second-order valence-electron chi connectivity index (χ2n) is 6.76. The van der Waals surface area contributed by atoms with E-state index >= 15 is 0 Å². The first-order valence-electron chi connectivity index (χ1n) is 8.40. The predicted octanol–water partition coefficient (Wildman–Crippen LogP) is 2.00. The molecular weight excluding hydrogens is 370 g/mol. The van der Waals surface area contributed by atoms with Crippen LogP contribution in [0.4, 0.5) is 0 Å². The van der Waals surface area contributed by atoms with E-state index in [0.717, 1.165) is 0 Å². The first-order valence-corrected chi connectivity index (χ1v) is 9.88. The van der Waals surface area contributed by atoms with Crippen LogP contribution in [0.25, 0.3) is 0 Å².